The highest BCUT2D eigenvalue weighted by Crippen LogP contribution is 2.29. The van der Waals surface area contributed by atoms with E-state index >= 15 is 0 Å². The highest BCUT2D eigenvalue weighted by molar-refractivity contribution is 6.30. The fourth-order valence-electron chi connectivity index (χ4n) is 1.46. The van der Waals surface area contributed by atoms with Gasteiger partial charge in [0.05, 0.1) is 7.11 Å². The molecule has 0 amide bonds. The van der Waals surface area contributed by atoms with E-state index < -0.39 is 0 Å². The first-order chi connectivity index (χ1) is 7.19. The first-order valence-corrected chi connectivity index (χ1v) is 5.26. The molecule has 1 rings (SSSR count). The van der Waals surface area contributed by atoms with Crippen LogP contribution in [-0.4, -0.2) is 18.8 Å². The second-order valence-electron chi connectivity index (χ2n) is 3.36. The summed E-state index contributed by atoms with van der Waals surface area (Å²) < 4.78 is 5.20. The van der Waals surface area contributed by atoms with E-state index in [9.17, 15) is 0 Å². The van der Waals surface area contributed by atoms with Crippen molar-refractivity contribution < 1.29 is 9.84 Å². The van der Waals surface area contributed by atoms with Gasteiger partial charge in [-0.3, -0.25) is 0 Å². The molecule has 0 aliphatic heterocycles. The van der Waals surface area contributed by atoms with Gasteiger partial charge in [-0.15, -0.1) is 12.4 Å². The smallest absolute Gasteiger partial charge is 0.123 e. The standard InChI is InChI=1S/C11H16ClNO2.ClH/c1-15-11-5-4-8(12)7-9(11)10(13)3-2-6-14;/h4-5,7,10,14H,2-3,6,13H2,1H3;1H/t10-;/m0./s1. The monoisotopic (exact) mass is 265 g/mol. The quantitative estimate of drug-likeness (QED) is 0.861. The van der Waals surface area contributed by atoms with Crippen molar-refractivity contribution in [2.45, 2.75) is 18.9 Å². The minimum atomic E-state index is -0.147. The Labute approximate surface area is 107 Å². The zero-order chi connectivity index (χ0) is 11.3. The van der Waals surface area contributed by atoms with Crippen molar-refractivity contribution >= 4 is 24.0 Å². The molecule has 0 fully saturated rings. The summed E-state index contributed by atoms with van der Waals surface area (Å²) in [6.07, 6.45) is 1.39. The van der Waals surface area contributed by atoms with Crippen molar-refractivity contribution in [1.82, 2.24) is 0 Å². The first kappa shape index (κ1) is 15.5. The molecule has 0 bridgehead atoms. The molecule has 1 aromatic carbocycles. The van der Waals surface area contributed by atoms with Gasteiger partial charge in [-0.05, 0) is 31.0 Å². The fourth-order valence-corrected chi connectivity index (χ4v) is 1.64. The van der Waals surface area contributed by atoms with Gasteiger partial charge >= 0.3 is 0 Å². The average Bonchev–Trinajstić information content (AvgIpc) is 2.25. The maximum Gasteiger partial charge on any atom is 0.123 e. The number of hydrogen-bond acceptors (Lipinski definition) is 3. The molecule has 0 saturated carbocycles. The lowest BCUT2D eigenvalue weighted by atomic mass is 10.0. The molecule has 0 aromatic heterocycles. The number of benzene rings is 1. The lowest BCUT2D eigenvalue weighted by molar-refractivity contribution is 0.279. The Kier molecular flexibility index (Phi) is 7.51. The van der Waals surface area contributed by atoms with Crippen LogP contribution >= 0.6 is 24.0 Å². The topological polar surface area (TPSA) is 55.5 Å². The molecule has 3 nitrogen and oxygen atoms in total. The van der Waals surface area contributed by atoms with Crippen LogP contribution < -0.4 is 10.5 Å². The van der Waals surface area contributed by atoms with Crippen LogP contribution in [0.2, 0.25) is 5.02 Å². The Hall–Kier alpha value is -0.480. The number of hydrogen-bond donors (Lipinski definition) is 2. The van der Waals surface area contributed by atoms with Crippen molar-refractivity contribution in [3.8, 4) is 5.75 Å². The number of ether oxygens (including phenoxy) is 1. The van der Waals surface area contributed by atoms with Crippen LogP contribution in [0, 0.1) is 0 Å². The highest BCUT2D eigenvalue weighted by Gasteiger charge is 2.11. The number of halogens is 2. The summed E-state index contributed by atoms with van der Waals surface area (Å²) >= 11 is 5.89. The van der Waals surface area contributed by atoms with Gasteiger partial charge in [0.2, 0.25) is 0 Å². The van der Waals surface area contributed by atoms with E-state index in [1.54, 1.807) is 19.2 Å². The van der Waals surface area contributed by atoms with Gasteiger partial charge in [-0.1, -0.05) is 11.6 Å². The lowest BCUT2D eigenvalue weighted by Crippen LogP contribution is -2.12. The van der Waals surface area contributed by atoms with Gasteiger partial charge < -0.3 is 15.6 Å². The number of rotatable bonds is 5. The van der Waals surface area contributed by atoms with Crippen LogP contribution in [0.3, 0.4) is 0 Å². The van der Waals surface area contributed by atoms with Gasteiger partial charge in [-0.25, -0.2) is 0 Å². The minimum absolute atomic E-state index is 0. The van der Waals surface area contributed by atoms with Crippen molar-refractivity contribution in [2.75, 3.05) is 13.7 Å². The molecule has 16 heavy (non-hydrogen) atoms. The van der Waals surface area contributed by atoms with Crippen LogP contribution in [-0.2, 0) is 0 Å². The van der Waals surface area contributed by atoms with E-state index in [1.807, 2.05) is 6.07 Å². The Balaban J connectivity index is 0.00000225. The molecule has 92 valence electrons. The molecule has 0 spiro atoms. The summed E-state index contributed by atoms with van der Waals surface area (Å²) in [6, 6.07) is 5.23. The molecule has 5 heteroatoms. The molecule has 1 aromatic rings. The minimum Gasteiger partial charge on any atom is -0.496 e. The van der Waals surface area contributed by atoms with Gasteiger partial charge in [0, 0.05) is 23.2 Å². The Morgan fingerprint density at radius 3 is 2.75 bits per heavy atom. The van der Waals surface area contributed by atoms with Crippen LogP contribution in [0.25, 0.3) is 0 Å². The number of aliphatic hydroxyl groups is 1. The molecule has 0 unspecified atom stereocenters. The number of aliphatic hydroxyl groups excluding tert-OH is 1. The van der Waals surface area contributed by atoms with E-state index in [4.69, 9.17) is 27.2 Å². The van der Waals surface area contributed by atoms with Crippen LogP contribution in [0.5, 0.6) is 5.75 Å². The van der Waals surface area contributed by atoms with E-state index in [0.717, 1.165) is 11.3 Å². The molecule has 0 radical (unpaired) electrons. The summed E-state index contributed by atoms with van der Waals surface area (Å²) in [7, 11) is 1.60. The molecular weight excluding hydrogens is 249 g/mol. The van der Waals surface area contributed by atoms with E-state index in [0.29, 0.717) is 17.9 Å². The molecule has 0 saturated heterocycles. The first-order valence-electron chi connectivity index (χ1n) is 4.89. The zero-order valence-corrected chi connectivity index (χ0v) is 10.7. The van der Waals surface area contributed by atoms with E-state index in [1.165, 1.54) is 0 Å². The Bertz CT molecular complexity index is 321. The van der Waals surface area contributed by atoms with Crippen LogP contribution in [0.15, 0.2) is 18.2 Å². The third-order valence-electron chi connectivity index (χ3n) is 2.26. The molecule has 3 N–H and O–H groups in total. The van der Waals surface area contributed by atoms with E-state index in [2.05, 4.69) is 0 Å². The van der Waals surface area contributed by atoms with Gasteiger partial charge in [-0.2, -0.15) is 0 Å². The molecule has 0 aliphatic carbocycles. The molecule has 0 heterocycles. The summed E-state index contributed by atoms with van der Waals surface area (Å²) in [6.45, 7) is 0.149. The Morgan fingerprint density at radius 2 is 2.19 bits per heavy atom. The van der Waals surface area contributed by atoms with Gasteiger partial charge in [0.1, 0.15) is 5.75 Å². The summed E-state index contributed by atoms with van der Waals surface area (Å²) in [5, 5.41) is 9.37. The number of methoxy groups -OCH3 is 1. The normalized spacial score (nSPS) is 11.8. The van der Waals surface area contributed by atoms with Crippen LogP contribution in [0.1, 0.15) is 24.4 Å². The van der Waals surface area contributed by atoms with Crippen molar-refractivity contribution in [3.63, 3.8) is 0 Å². The van der Waals surface area contributed by atoms with Crippen LogP contribution in [0.4, 0.5) is 0 Å². The zero-order valence-electron chi connectivity index (χ0n) is 9.15. The van der Waals surface area contributed by atoms with Gasteiger partial charge in [0.15, 0.2) is 0 Å². The maximum absolute atomic E-state index is 8.73. The lowest BCUT2D eigenvalue weighted by Gasteiger charge is -2.15. The Morgan fingerprint density at radius 1 is 1.50 bits per heavy atom. The van der Waals surface area contributed by atoms with Crippen molar-refractivity contribution in [1.29, 1.82) is 0 Å². The van der Waals surface area contributed by atoms with Crippen molar-refractivity contribution in [3.05, 3.63) is 28.8 Å². The predicted octanol–water partition coefficient (Wildman–Crippen LogP) is 2.54. The maximum atomic E-state index is 8.73. The SMILES string of the molecule is COc1ccc(Cl)cc1[C@@H](N)CCCO.Cl. The van der Waals surface area contributed by atoms with Gasteiger partial charge in [0.25, 0.3) is 0 Å². The largest absolute Gasteiger partial charge is 0.496 e. The number of nitrogens with two attached hydrogens (primary N) is 1. The second kappa shape index (κ2) is 7.74. The highest BCUT2D eigenvalue weighted by atomic mass is 35.5. The average molecular weight is 266 g/mol. The second-order valence-corrected chi connectivity index (χ2v) is 3.80. The summed E-state index contributed by atoms with van der Waals surface area (Å²) in [5.41, 5.74) is 6.86. The third-order valence-corrected chi connectivity index (χ3v) is 2.50. The summed E-state index contributed by atoms with van der Waals surface area (Å²) in [4.78, 5) is 0. The molecular formula is C11H17Cl2NO2. The molecule has 1 atom stereocenters. The fraction of sp³-hybridized carbons (Fsp3) is 0.455. The van der Waals surface area contributed by atoms with Crippen molar-refractivity contribution in [2.24, 2.45) is 5.73 Å². The predicted molar refractivity (Wildman–Crippen MR) is 68.5 cm³/mol. The summed E-state index contributed by atoms with van der Waals surface area (Å²) in [5.74, 6) is 0.741. The van der Waals surface area contributed by atoms with E-state index in [-0.39, 0.29) is 25.1 Å². The molecule has 0 aliphatic rings. The third kappa shape index (κ3) is 4.18.